The molecule has 1 atom stereocenters. The summed E-state index contributed by atoms with van der Waals surface area (Å²) in [5.74, 6) is 0. The van der Waals surface area contributed by atoms with Gasteiger partial charge in [-0.3, -0.25) is 0 Å². The molecule has 1 aliphatic carbocycles. The lowest BCUT2D eigenvalue weighted by atomic mass is 9.85. The molecule has 0 bridgehead atoms. The Morgan fingerprint density at radius 2 is 2.10 bits per heavy atom. The number of nitrogens with zero attached hydrogens (tertiary/aromatic N) is 1. The zero-order valence-electron chi connectivity index (χ0n) is 11.5. The fraction of sp³-hybridized carbons (Fsp3) is 0.312. The van der Waals surface area contributed by atoms with Crippen LogP contribution in [0.15, 0.2) is 41.0 Å². The van der Waals surface area contributed by atoms with Crippen LogP contribution in [0.1, 0.15) is 31.0 Å². The molecule has 20 heavy (non-hydrogen) atoms. The first-order valence-electron chi connectivity index (χ1n) is 6.63. The third-order valence-electron chi connectivity index (χ3n) is 3.90. The summed E-state index contributed by atoms with van der Waals surface area (Å²) in [4.78, 5) is 4.18. The van der Waals surface area contributed by atoms with E-state index >= 15 is 0 Å². The molecule has 0 amide bonds. The van der Waals surface area contributed by atoms with Crippen molar-refractivity contribution in [1.82, 2.24) is 4.98 Å². The fourth-order valence-corrected chi connectivity index (χ4v) is 3.38. The first kappa shape index (κ1) is 13.9. The Morgan fingerprint density at radius 3 is 2.85 bits per heavy atom. The second-order valence-electron chi connectivity index (χ2n) is 5.94. The standard InChI is InChI=1S/C16H16BrClN2/c1-16(2)8-10-5-3-4-6-12(10)14(16)20-11-7-13(17)15(18)19-9-11/h3-7,9,14,20H,8H2,1-2H3. The first-order chi connectivity index (χ1) is 9.47. The summed E-state index contributed by atoms with van der Waals surface area (Å²) in [6.07, 6.45) is 2.87. The molecule has 3 rings (SSSR count). The Hall–Kier alpha value is -1.06. The van der Waals surface area contributed by atoms with Crippen LogP contribution in [-0.2, 0) is 6.42 Å². The van der Waals surface area contributed by atoms with Crippen LogP contribution in [-0.4, -0.2) is 4.98 Å². The number of benzene rings is 1. The minimum absolute atomic E-state index is 0.176. The zero-order chi connectivity index (χ0) is 14.3. The van der Waals surface area contributed by atoms with E-state index in [0.717, 1.165) is 16.6 Å². The maximum atomic E-state index is 5.95. The molecule has 0 radical (unpaired) electrons. The Kier molecular flexibility index (Phi) is 3.51. The molecule has 2 aromatic rings. The van der Waals surface area contributed by atoms with Crippen molar-refractivity contribution in [2.45, 2.75) is 26.3 Å². The summed E-state index contributed by atoms with van der Waals surface area (Å²) in [5, 5.41) is 4.09. The molecule has 1 unspecified atom stereocenters. The number of fused-ring (bicyclic) bond motifs is 1. The molecule has 2 nitrogen and oxygen atoms in total. The maximum Gasteiger partial charge on any atom is 0.143 e. The van der Waals surface area contributed by atoms with Gasteiger partial charge < -0.3 is 5.32 Å². The Labute approximate surface area is 132 Å². The highest BCUT2D eigenvalue weighted by Gasteiger charge is 2.38. The SMILES string of the molecule is CC1(C)Cc2ccccc2C1Nc1cnc(Cl)c(Br)c1. The van der Waals surface area contributed by atoms with Gasteiger partial charge in [0.05, 0.1) is 22.4 Å². The van der Waals surface area contributed by atoms with Crippen LogP contribution in [0.5, 0.6) is 0 Å². The van der Waals surface area contributed by atoms with Crippen LogP contribution >= 0.6 is 27.5 Å². The van der Waals surface area contributed by atoms with E-state index in [0.29, 0.717) is 5.15 Å². The molecule has 0 aliphatic heterocycles. The Morgan fingerprint density at radius 1 is 1.35 bits per heavy atom. The van der Waals surface area contributed by atoms with E-state index in [1.54, 1.807) is 6.20 Å². The summed E-state index contributed by atoms with van der Waals surface area (Å²) in [6.45, 7) is 4.59. The van der Waals surface area contributed by atoms with Crippen molar-refractivity contribution in [2.75, 3.05) is 5.32 Å². The molecular formula is C16H16BrClN2. The minimum Gasteiger partial charge on any atom is -0.376 e. The van der Waals surface area contributed by atoms with Gasteiger partial charge in [-0.25, -0.2) is 4.98 Å². The van der Waals surface area contributed by atoms with Gasteiger partial charge in [0.2, 0.25) is 0 Å². The lowest BCUT2D eigenvalue weighted by Gasteiger charge is -2.29. The van der Waals surface area contributed by atoms with Crippen molar-refractivity contribution in [3.05, 3.63) is 57.3 Å². The van der Waals surface area contributed by atoms with Crippen molar-refractivity contribution >= 4 is 33.2 Å². The van der Waals surface area contributed by atoms with Crippen molar-refractivity contribution in [3.8, 4) is 0 Å². The molecule has 0 saturated carbocycles. The van der Waals surface area contributed by atoms with Gasteiger partial charge in [0, 0.05) is 0 Å². The third kappa shape index (κ3) is 2.45. The topological polar surface area (TPSA) is 24.9 Å². The van der Waals surface area contributed by atoms with Gasteiger partial charge in [-0.05, 0) is 45.0 Å². The monoisotopic (exact) mass is 350 g/mol. The number of hydrogen-bond donors (Lipinski definition) is 1. The molecule has 1 aliphatic rings. The number of rotatable bonds is 2. The van der Waals surface area contributed by atoms with E-state index in [1.165, 1.54) is 11.1 Å². The largest absolute Gasteiger partial charge is 0.376 e. The second kappa shape index (κ2) is 5.05. The quantitative estimate of drug-likeness (QED) is 0.749. The fourth-order valence-electron chi connectivity index (χ4n) is 2.93. The first-order valence-corrected chi connectivity index (χ1v) is 7.80. The number of nitrogens with one attached hydrogen (secondary N) is 1. The molecule has 4 heteroatoms. The lowest BCUT2D eigenvalue weighted by molar-refractivity contribution is 0.337. The van der Waals surface area contributed by atoms with Gasteiger partial charge in [-0.2, -0.15) is 0 Å². The van der Waals surface area contributed by atoms with E-state index in [-0.39, 0.29) is 11.5 Å². The van der Waals surface area contributed by atoms with E-state index in [2.05, 4.69) is 64.3 Å². The van der Waals surface area contributed by atoms with Gasteiger partial charge in [0.15, 0.2) is 0 Å². The highest BCUT2D eigenvalue weighted by Crippen LogP contribution is 2.46. The summed E-state index contributed by atoms with van der Waals surface area (Å²) in [6, 6.07) is 10.9. The van der Waals surface area contributed by atoms with Crippen LogP contribution < -0.4 is 5.32 Å². The number of halogens is 2. The van der Waals surface area contributed by atoms with Crippen LogP contribution in [0, 0.1) is 5.41 Å². The van der Waals surface area contributed by atoms with E-state index in [9.17, 15) is 0 Å². The van der Waals surface area contributed by atoms with E-state index in [4.69, 9.17) is 11.6 Å². The lowest BCUT2D eigenvalue weighted by Crippen LogP contribution is -2.24. The molecular weight excluding hydrogens is 336 g/mol. The Bertz CT molecular complexity index is 655. The second-order valence-corrected chi connectivity index (χ2v) is 7.15. The zero-order valence-corrected chi connectivity index (χ0v) is 13.8. The molecule has 1 aromatic heterocycles. The van der Waals surface area contributed by atoms with E-state index in [1.807, 2.05) is 6.07 Å². The van der Waals surface area contributed by atoms with E-state index < -0.39 is 0 Å². The van der Waals surface area contributed by atoms with Crippen LogP contribution in [0.2, 0.25) is 5.15 Å². The summed E-state index contributed by atoms with van der Waals surface area (Å²) >= 11 is 9.37. The highest BCUT2D eigenvalue weighted by atomic mass is 79.9. The van der Waals surface area contributed by atoms with Gasteiger partial charge in [-0.15, -0.1) is 0 Å². The van der Waals surface area contributed by atoms with Gasteiger partial charge >= 0.3 is 0 Å². The number of anilines is 1. The molecule has 1 N–H and O–H groups in total. The van der Waals surface area contributed by atoms with Gasteiger partial charge in [-0.1, -0.05) is 49.7 Å². The smallest absolute Gasteiger partial charge is 0.143 e. The number of hydrogen-bond acceptors (Lipinski definition) is 2. The van der Waals surface area contributed by atoms with Crippen LogP contribution in [0.25, 0.3) is 0 Å². The average molecular weight is 352 g/mol. The summed E-state index contributed by atoms with van der Waals surface area (Å²) < 4.78 is 0.813. The van der Waals surface area contributed by atoms with Crippen molar-refractivity contribution in [3.63, 3.8) is 0 Å². The van der Waals surface area contributed by atoms with Crippen LogP contribution in [0.4, 0.5) is 5.69 Å². The Balaban J connectivity index is 1.94. The minimum atomic E-state index is 0.176. The number of pyridine rings is 1. The third-order valence-corrected chi connectivity index (χ3v) is 5.03. The predicted molar refractivity (Wildman–Crippen MR) is 87.2 cm³/mol. The summed E-state index contributed by atoms with van der Waals surface area (Å²) in [7, 11) is 0. The molecule has 1 heterocycles. The van der Waals surface area contributed by atoms with Gasteiger partial charge in [0.1, 0.15) is 5.15 Å². The average Bonchev–Trinajstić information content (AvgIpc) is 2.65. The predicted octanol–water partition coefficient (Wildman–Crippen LogP) is 5.23. The molecule has 0 fully saturated rings. The van der Waals surface area contributed by atoms with Gasteiger partial charge in [0.25, 0.3) is 0 Å². The van der Waals surface area contributed by atoms with Crippen molar-refractivity contribution < 1.29 is 0 Å². The molecule has 0 saturated heterocycles. The molecule has 0 spiro atoms. The molecule has 1 aromatic carbocycles. The normalized spacial score (nSPS) is 19.7. The highest BCUT2D eigenvalue weighted by molar-refractivity contribution is 9.10. The van der Waals surface area contributed by atoms with Crippen molar-refractivity contribution in [1.29, 1.82) is 0 Å². The van der Waals surface area contributed by atoms with Crippen molar-refractivity contribution in [2.24, 2.45) is 5.41 Å². The van der Waals surface area contributed by atoms with Crippen LogP contribution in [0.3, 0.4) is 0 Å². The maximum absolute atomic E-state index is 5.95. The number of aromatic nitrogens is 1. The summed E-state index contributed by atoms with van der Waals surface area (Å²) in [5.41, 5.74) is 3.96. The molecule has 104 valence electrons.